The summed E-state index contributed by atoms with van der Waals surface area (Å²) in [5.41, 5.74) is 0. The van der Waals surface area contributed by atoms with Crippen LogP contribution in [-0.2, 0) is 4.79 Å². The van der Waals surface area contributed by atoms with Gasteiger partial charge in [-0.3, -0.25) is 4.79 Å². The minimum absolute atomic E-state index is 0.180. The smallest absolute Gasteiger partial charge is 0.246 e. The molecule has 1 aliphatic rings. The van der Waals surface area contributed by atoms with Gasteiger partial charge >= 0.3 is 0 Å². The summed E-state index contributed by atoms with van der Waals surface area (Å²) in [5, 5.41) is 0. The van der Waals surface area contributed by atoms with E-state index < -0.39 is 0 Å². The van der Waals surface area contributed by atoms with Gasteiger partial charge in [-0.05, 0) is 18.9 Å². The summed E-state index contributed by atoms with van der Waals surface area (Å²) in [6.07, 6.45) is 5.92. The molecular weight excluding hydrogens is 253 g/mol. The Morgan fingerprint density at radius 3 is 2.64 bits per heavy atom. The number of halogens is 1. The van der Waals surface area contributed by atoms with Crippen molar-refractivity contribution >= 4 is 28.5 Å². The molecule has 11 heavy (non-hydrogen) atoms. The molecule has 0 N–H and O–H groups in total. The highest BCUT2D eigenvalue weighted by Gasteiger charge is 2.14. The van der Waals surface area contributed by atoms with Gasteiger partial charge in [0.1, 0.15) is 0 Å². The van der Waals surface area contributed by atoms with Crippen molar-refractivity contribution < 1.29 is 4.79 Å². The predicted octanol–water partition coefficient (Wildman–Crippen LogP) is 1.60. The summed E-state index contributed by atoms with van der Waals surface area (Å²) in [5.74, 6) is 0.180. The second-order valence-corrected chi connectivity index (χ2v) is 3.47. The maximum atomic E-state index is 11.2. The number of likely N-dealkylation sites (tertiary alicyclic amines) is 1. The van der Waals surface area contributed by atoms with Gasteiger partial charge in [-0.15, -0.1) is 0 Å². The van der Waals surface area contributed by atoms with E-state index in [9.17, 15) is 4.79 Å². The molecule has 0 atom stereocenters. The van der Waals surface area contributed by atoms with Crippen molar-refractivity contribution in [3.63, 3.8) is 0 Å². The predicted molar refractivity (Wildman–Crippen MR) is 53.8 cm³/mol. The van der Waals surface area contributed by atoms with Crippen LogP contribution < -0.4 is 0 Å². The lowest BCUT2D eigenvalue weighted by atomic mass is 10.4. The van der Waals surface area contributed by atoms with Crippen LogP contribution in [0.25, 0.3) is 0 Å². The van der Waals surface area contributed by atoms with Crippen LogP contribution in [0.2, 0.25) is 0 Å². The number of hydrogen-bond acceptors (Lipinski definition) is 1. The fourth-order valence-electron chi connectivity index (χ4n) is 1.19. The maximum absolute atomic E-state index is 11.2. The summed E-state index contributed by atoms with van der Waals surface area (Å²) in [7, 11) is 0. The highest BCUT2D eigenvalue weighted by Crippen LogP contribution is 2.07. The van der Waals surface area contributed by atoms with Gasteiger partial charge in [0.25, 0.3) is 0 Å². The van der Waals surface area contributed by atoms with Crippen LogP contribution in [0.4, 0.5) is 0 Å². The fourth-order valence-corrected chi connectivity index (χ4v) is 1.44. The Bertz CT molecular complexity index is 161. The average molecular weight is 265 g/mol. The van der Waals surface area contributed by atoms with Crippen LogP contribution >= 0.6 is 22.6 Å². The fraction of sp³-hybridized carbons (Fsp3) is 0.625. The Balaban J connectivity index is 2.34. The highest BCUT2D eigenvalue weighted by molar-refractivity contribution is 14.1. The van der Waals surface area contributed by atoms with Gasteiger partial charge < -0.3 is 4.90 Å². The molecule has 1 aliphatic heterocycles. The van der Waals surface area contributed by atoms with Gasteiger partial charge in [0.2, 0.25) is 5.91 Å². The zero-order valence-corrected chi connectivity index (χ0v) is 8.58. The van der Waals surface area contributed by atoms with Crippen LogP contribution in [0.15, 0.2) is 12.2 Å². The minimum atomic E-state index is 0.180. The van der Waals surface area contributed by atoms with Gasteiger partial charge in [0, 0.05) is 17.5 Å². The first-order valence-electron chi connectivity index (χ1n) is 3.86. The molecule has 2 nitrogen and oxygen atoms in total. The number of hydrogen-bond donors (Lipinski definition) is 0. The maximum Gasteiger partial charge on any atom is 0.246 e. The number of allylic oxidation sites excluding steroid dienone is 1. The molecule has 0 radical (unpaired) electrons. The summed E-state index contributed by atoms with van der Waals surface area (Å²) < 4.78 is 0.914. The van der Waals surface area contributed by atoms with E-state index in [0.717, 1.165) is 17.5 Å². The number of rotatable bonds is 2. The molecule has 62 valence electrons. The summed E-state index contributed by atoms with van der Waals surface area (Å²) in [6.45, 7) is 1.90. The molecule has 1 saturated heterocycles. The second-order valence-electron chi connectivity index (χ2n) is 2.59. The van der Waals surface area contributed by atoms with E-state index in [1.165, 1.54) is 12.8 Å². The Kier molecular flexibility index (Phi) is 3.90. The van der Waals surface area contributed by atoms with E-state index in [-0.39, 0.29) is 5.91 Å². The normalized spacial score (nSPS) is 18.1. The lowest BCUT2D eigenvalue weighted by Gasteiger charge is -2.11. The topological polar surface area (TPSA) is 20.3 Å². The zero-order valence-electron chi connectivity index (χ0n) is 6.42. The molecule has 0 aromatic rings. The molecule has 3 heteroatoms. The first-order valence-corrected chi connectivity index (χ1v) is 5.38. The number of alkyl halides is 1. The van der Waals surface area contributed by atoms with Crippen molar-refractivity contribution in [1.29, 1.82) is 0 Å². The van der Waals surface area contributed by atoms with Crippen molar-refractivity contribution in [3.8, 4) is 0 Å². The SMILES string of the molecule is O=C(/C=C/CI)N1CCCC1. The lowest BCUT2D eigenvalue weighted by molar-refractivity contribution is -0.124. The number of carbonyl (C=O) groups is 1. The van der Waals surface area contributed by atoms with Gasteiger partial charge in [-0.2, -0.15) is 0 Å². The molecule has 0 aromatic heterocycles. The van der Waals surface area contributed by atoms with Crippen molar-refractivity contribution in [2.24, 2.45) is 0 Å². The van der Waals surface area contributed by atoms with Crippen molar-refractivity contribution in [1.82, 2.24) is 4.90 Å². The Hall–Kier alpha value is -0.0600. The van der Waals surface area contributed by atoms with Gasteiger partial charge in [-0.1, -0.05) is 28.7 Å². The summed E-state index contributed by atoms with van der Waals surface area (Å²) in [4.78, 5) is 13.1. The van der Waals surface area contributed by atoms with Crippen molar-refractivity contribution in [2.45, 2.75) is 12.8 Å². The average Bonchev–Trinajstić information content (AvgIpc) is 2.52. The quantitative estimate of drug-likeness (QED) is 0.422. The molecule has 0 aromatic carbocycles. The molecule has 1 amide bonds. The molecule has 0 aliphatic carbocycles. The van der Waals surface area contributed by atoms with Gasteiger partial charge in [-0.25, -0.2) is 0 Å². The number of nitrogens with zero attached hydrogens (tertiary/aromatic N) is 1. The summed E-state index contributed by atoms with van der Waals surface area (Å²) in [6, 6.07) is 0. The first kappa shape index (κ1) is 9.03. The van der Waals surface area contributed by atoms with E-state index in [1.807, 2.05) is 11.0 Å². The summed E-state index contributed by atoms with van der Waals surface area (Å²) >= 11 is 2.23. The van der Waals surface area contributed by atoms with E-state index in [4.69, 9.17) is 0 Å². The Morgan fingerprint density at radius 2 is 2.09 bits per heavy atom. The highest BCUT2D eigenvalue weighted by atomic mass is 127. The Labute approximate surface area is 80.8 Å². The third-order valence-electron chi connectivity index (χ3n) is 1.77. The van der Waals surface area contributed by atoms with E-state index >= 15 is 0 Å². The monoisotopic (exact) mass is 265 g/mol. The van der Waals surface area contributed by atoms with E-state index in [1.54, 1.807) is 6.08 Å². The number of carbonyl (C=O) groups excluding carboxylic acids is 1. The van der Waals surface area contributed by atoms with Crippen LogP contribution in [0, 0.1) is 0 Å². The van der Waals surface area contributed by atoms with Crippen LogP contribution in [0.1, 0.15) is 12.8 Å². The Morgan fingerprint density at radius 1 is 1.45 bits per heavy atom. The molecule has 1 heterocycles. The standard InChI is InChI=1S/C8H12INO/c9-5-3-4-8(11)10-6-1-2-7-10/h3-4H,1-2,5-7H2/b4-3+. The molecule has 0 bridgehead atoms. The molecule has 1 rings (SSSR count). The molecular formula is C8H12INO. The van der Waals surface area contributed by atoms with Crippen LogP contribution in [0.5, 0.6) is 0 Å². The van der Waals surface area contributed by atoms with Gasteiger partial charge in [0.05, 0.1) is 0 Å². The zero-order chi connectivity index (χ0) is 8.10. The molecule has 0 spiro atoms. The third kappa shape index (κ3) is 2.81. The third-order valence-corrected chi connectivity index (χ3v) is 2.28. The number of amides is 1. The van der Waals surface area contributed by atoms with Crippen LogP contribution in [0.3, 0.4) is 0 Å². The van der Waals surface area contributed by atoms with Crippen LogP contribution in [-0.4, -0.2) is 28.3 Å². The minimum Gasteiger partial charge on any atom is -0.339 e. The van der Waals surface area contributed by atoms with Crippen molar-refractivity contribution in [2.75, 3.05) is 17.5 Å². The van der Waals surface area contributed by atoms with E-state index in [0.29, 0.717) is 0 Å². The molecule has 1 fully saturated rings. The second kappa shape index (κ2) is 4.74. The lowest BCUT2D eigenvalue weighted by Crippen LogP contribution is -2.25. The first-order chi connectivity index (χ1) is 5.34. The largest absolute Gasteiger partial charge is 0.339 e. The van der Waals surface area contributed by atoms with Gasteiger partial charge in [0.15, 0.2) is 0 Å². The molecule has 0 unspecified atom stereocenters. The van der Waals surface area contributed by atoms with Crippen molar-refractivity contribution in [3.05, 3.63) is 12.2 Å². The molecule has 0 saturated carbocycles. The van der Waals surface area contributed by atoms with E-state index in [2.05, 4.69) is 22.6 Å².